The number of benzene rings is 3. The van der Waals surface area contributed by atoms with Gasteiger partial charge in [0.2, 0.25) is 0 Å². The molecule has 2 aromatic heterocycles. The van der Waals surface area contributed by atoms with Crippen molar-refractivity contribution in [2.75, 3.05) is 41.7 Å². The lowest BCUT2D eigenvalue weighted by atomic mass is 9.72. The van der Waals surface area contributed by atoms with E-state index >= 15 is 0 Å². The fourth-order valence-corrected chi connectivity index (χ4v) is 9.68. The maximum absolute atomic E-state index is 14.2. The summed E-state index contributed by atoms with van der Waals surface area (Å²) in [5.74, 6) is -0.332. The van der Waals surface area contributed by atoms with Gasteiger partial charge in [-0.25, -0.2) is 23.5 Å². The highest BCUT2D eigenvalue weighted by molar-refractivity contribution is 7.21. The van der Waals surface area contributed by atoms with E-state index in [0.717, 1.165) is 75.1 Å². The number of thiazole rings is 2. The molecule has 8 nitrogen and oxygen atoms in total. The molecule has 0 atom stereocenters. The van der Waals surface area contributed by atoms with Crippen LogP contribution in [0.15, 0.2) is 60.4 Å². The summed E-state index contributed by atoms with van der Waals surface area (Å²) < 4.78 is 28.8. The SMILES string of the molecule is CC(C)(C)CN1CCC2(CC1)CN(c1ccccc1NC(=O)Nc1nc3c(s1)C=C(F)CC3)c1c(O)ccc(-c3nc4ccc(F)cc4s3)c12. The van der Waals surface area contributed by atoms with E-state index in [1.807, 2.05) is 30.3 Å². The number of amides is 2. The number of phenols is 1. The first-order chi connectivity index (χ1) is 23.9. The van der Waals surface area contributed by atoms with Gasteiger partial charge in [-0.1, -0.05) is 44.2 Å². The van der Waals surface area contributed by atoms with Gasteiger partial charge in [0, 0.05) is 30.5 Å². The Balaban J connectivity index is 1.17. The molecule has 258 valence electrons. The highest BCUT2D eigenvalue weighted by atomic mass is 32.1. The molecule has 1 spiro atoms. The van der Waals surface area contributed by atoms with Crippen LogP contribution in [0.25, 0.3) is 26.9 Å². The van der Waals surface area contributed by atoms with Crippen LogP contribution in [0.3, 0.4) is 0 Å². The minimum atomic E-state index is -0.461. The van der Waals surface area contributed by atoms with Crippen molar-refractivity contribution in [2.24, 2.45) is 5.41 Å². The molecule has 1 aliphatic carbocycles. The number of phenolic OH excluding ortho intramolecular Hbond substituents is 1. The average Bonchev–Trinajstić information content (AvgIpc) is 3.76. The molecule has 2 amide bonds. The molecular weight excluding hydrogens is 675 g/mol. The van der Waals surface area contributed by atoms with Crippen LogP contribution in [-0.2, 0) is 11.8 Å². The zero-order chi connectivity index (χ0) is 34.8. The van der Waals surface area contributed by atoms with Crippen LogP contribution < -0.4 is 15.5 Å². The number of carbonyl (C=O) groups excluding carboxylic acids is 1. The first-order valence-corrected chi connectivity index (χ1v) is 18.5. The topological polar surface area (TPSA) is 93.6 Å². The number of fused-ring (bicyclic) bond motifs is 4. The van der Waals surface area contributed by atoms with Crippen LogP contribution in [0, 0.1) is 11.2 Å². The van der Waals surface area contributed by atoms with Gasteiger partial charge in [-0.05, 0) is 91.9 Å². The van der Waals surface area contributed by atoms with E-state index in [1.165, 1.54) is 40.9 Å². The van der Waals surface area contributed by atoms with Crippen molar-refractivity contribution in [3.05, 3.63) is 82.4 Å². The molecule has 8 rings (SSSR count). The Labute approximate surface area is 297 Å². The number of hydrogen-bond donors (Lipinski definition) is 3. The highest BCUT2D eigenvalue weighted by Crippen LogP contribution is 2.57. The van der Waals surface area contributed by atoms with E-state index in [9.17, 15) is 18.7 Å². The molecule has 1 saturated heterocycles. The third-order valence-electron chi connectivity index (χ3n) is 9.79. The Morgan fingerprint density at radius 1 is 1.00 bits per heavy atom. The summed E-state index contributed by atoms with van der Waals surface area (Å²) in [4.78, 5) is 28.2. The largest absolute Gasteiger partial charge is 0.506 e. The van der Waals surface area contributed by atoms with Crippen molar-refractivity contribution in [3.63, 3.8) is 0 Å². The maximum atomic E-state index is 14.2. The predicted molar refractivity (Wildman–Crippen MR) is 199 cm³/mol. The van der Waals surface area contributed by atoms with Gasteiger partial charge in [0.15, 0.2) is 5.13 Å². The number of nitrogens with one attached hydrogen (secondary N) is 2. The monoisotopic (exact) mass is 712 g/mol. The fraction of sp³-hybridized carbons (Fsp3) is 0.342. The molecule has 3 aliphatic rings. The number of aromatic hydroxyl groups is 1. The molecule has 4 heterocycles. The number of halogens is 2. The van der Waals surface area contributed by atoms with Crippen LogP contribution in [0.2, 0.25) is 0 Å². The molecule has 2 aliphatic heterocycles. The number of para-hydroxylation sites is 2. The molecule has 3 N–H and O–H groups in total. The molecule has 0 unspecified atom stereocenters. The molecule has 0 saturated carbocycles. The molecule has 0 bridgehead atoms. The minimum Gasteiger partial charge on any atom is -0.506 e. The standard InChI is InChI=1S/C38H38F2N6O2S2/c1-37(2,3)20-45-16-14-38(15-17-45)21-46(33-29(47)13-10-24(32(33)38)34-41-26-11-8-22(39)18-30(26)49-34)28-7-5-4-6-25(28)42-35(48)44-36-43-27-12-9-23(40)19-31(27)50-36/h4-8,10-11,13,18-19,47H,9,12,14-17,20-21H2,1-3H3,(H2,42,43,44,48). The lowest BCUT2D eigenvalue weighted by Gasteiger charge is -2.42. The Morgan fingerprint density at radius 3 is 2.60 bits per heavy atom. The van der Waals surface area contributed by atoms with Crippen molar-refractivity contribution in [1.82, 2.24) is 14.9 Å². The Bertz CT molecular complexity index is 2160. The highest BCUT2D eigenvalue weighted by Gasteiger charge is 2.49. The van der Waals surface area contributed by atoms with E-state index in [0.29, 0.717) is 35.9 Å². The maximum Gasteiger partial charge on any atom is 0.325 e. The Morgan fingerprint density at radius 2 is 1.80 bits per heavy atom. The van der Waals surface area contributed by atoms with Gasteiger partial charge < -0.3 is 20.2 Å². The summed E-state index contributed by atoms with van der Waals surface area (Å²) in [6.45, 7) is 10.2. The quantitative estimate of drug-likeness (QED) is 0.168. The summed E-state index contributed by atoms with van der Waals surface area (Å²) >= 11 is 2.70. The number of likely N-dealkylation sites (tertiary alicyclic amines) is 1. The number of allylic oxidation sites excluding steroid dienone is 1. The lowest BCUT2D eigenvalue weighted by molar-refractivity contribution is 0.125. The second kappa shape index (κ2) is 12.4. The van der Waals surface area contributed by atoms with E-state index in [1.54, 1.807) is 12.1 Å². The van der Waals surface area contributed by atoms with Crippen LogP contribution in [0.4, 0.5) is 35.8 Å². The van der Waals surface area contributed by atoms with Gasteiger partial charge in [0.05, 0.1) is 37.8 Å². The summed E-state index contributed by atoms with van der Waals surface area (Å²) in [7, 11) is 0. The molecule has 5 aromatic rings. The first kappa shape index (κ1) is 32.8. The van der Waals surface area contributed by atoms with Gasteiger partial charge in [0.25, 0.3) is 0 Å². The molecule has 3 aromatic carbocycles. The molecule has 12 heteroatoms. The molecule has 50 heavy (non-hydrogen) atoms. The third kappa shape index (κ3) is 6.13. The number of anilines is 4. The zero-order valence-electron chi connectivity index (χ0n) is 28.1. The minimum absolute atomic E-state index is 0.151. The second-order valence-corrected chi connectivity index (χ2v) is 16.8. The van der Waals surface area contributed by atoms with Crippen molar-refractivity contribution >= 4 is 67.2 Å². The van der Waals surface area contributed by atoms with Crippen LogP contribution in [0.5, 0.6) is 5.75 Å². The number of aromatic nitrogens is 2. The molecule has 1 fully saturated rings. The van der Waals surface area contributed by atoms with E-state index in [-0.39, 0.29) is 28.2 Å². The summed E-state index contributed by atoms with van der Waals surface area (Å²) in [5, 5.41) is 18.7. The van der Waals surface area contributed by atoms with Crippen LogP contribution >= 0.6 is 22.7 Å². The normalized spacial score (nSPS) is 17.1. The number of nitrogens with zero attached hydrogens (tertiary/aromatic N) is 4. The number of rotatable bonds is 5. The van der Waals surface area contributed by atoms with Gasteiger partial charge in [0.1, 0.15) is 22.4 Å². The predicted octanol–water partition coefficient (Wildman–Crippen LogP) is 9.70. The summed E-state index contributed by atoms with van der Waals surface area (Å²) in [6, 6.07) is 15.4. The van der Waals surface area contributed by atoms with E-state index < -0.39 is 6.03 Å². The van der Waals surface area contributed by atoms with Gasteiger partial charge in [-0.3, -0.25) is 5.32 Å². The van der Waals surface area contributed by atoms with Crippen molar-refractivity contribution in [2.45, 2.75) is 51.9 Å². The van der Waals surface area contributed by atoms with Crippen LogP contribution in [0.1, 0.15) is 56.2 Å². The number of piperidine rings is 1. The number of carbonyl (C=O) groups is 1. The first-order valence-electron chi connectivity index (χ1n) is 16.9. The smallest absolute Gasteiger partial charge is 0.325 e. The van der Waals surface area contributed by atoms with E-state index in [2.05, 4.69) is 46.2 Å². The third-order valence-corrected chi connectivity index (χ3v) is 11.8. The van der Waals surface area contributed by atoms with Gasteiger partial charge in [-0.15, -0.1) is 11.3 Å². The van der Waals surface area contributed by atoms with Gasteiger partial charge in [-0.2, -0.15) is 0 Å². The van der Waals surface area contributed by atoms with Crippen molar-refractivity contribution in [3.8, 4) is 16.3 Å². The van der Waals surface area contributed by atoms with Crippen molar-refractivity contribution in [1.29, 1.82) is 0 Å². The number of urea groups is 1. The second-order valence-electron chi connectivity index (χ2n) is 14.7. The van der Waals surface area contributed by atoms with Crippen molar-refractivity contribution < 1.29 is 18.7 Å². The Hall–Kier alpha value is -4.39. The number of hydrogen-bond acceptors (Lipinski definition) is 8. The fourth-order valence-electron chi connectivity index (χ4n) is 7.69. The average molecular weight is 713 g/mol. The Kier molecular flexibility index (Phi) is 8.15. The van der Waals surface area contributed by atoms with Crippen LogP contribution in [-0.4, -0.2) is 52.2 Å². The summed E-state index contributed by atoms with van der Waals surface area (Å²) in [5.41, 5.74) is 5.38. The number of aryl methyl sites for hydroxylation is 1. The summed E-state index contributed by atoms with van der Waals surface area (Å²) in [6.07, 6.45) is 4.06. The lowest BCUT2D eigenvalue weighted by Crippen LogP contribution is -2.47. The molecule has 0 radical (unpaired) electrons. The van der Waals surface area contributed by atoms with E-state index in [4.69, 9.17) is 4.98 Å². The molecular formula is C38H38F2N6O2S2. The zero-order valence-corrected chi connectivity index (χ0v) is 29.8. The van der Waals surface area contributed by atoms with Gasteiger partial charge >= 0.3 is 6.03 Å².